The minimum atomic E-state index is -5.80. The van der Waals surface area contributed by atoms with Gasteiger partial charge in [-0.05, 0) is 30.2 Å². The highest BCUT2D eigenvalue weighted by Crippen LogP contribution is 2.67. The van der Waals surface area contributed by atoms with Gasteiger partial charge in [-0.2, -0.15) is 31.3 Å². The number of imidazole rings is 1. The van der Waals surface area contributed by atoms with Gasteiger partial charge in [0.2, 0.25) is 26.3 Å². The Bertz CT molecular complexity index is 1430. The normalized spacial score (nSPS) is 16.4. The van der Waals surface area contributed by atoms with Gasteiger partial charge in [0.1, 0.15) is 28.6 Å². The quantitative estimate of drug-likeness (QED) is 0.119. The van der Waals surface area contributed by atoms with Crippen LogP contribution in [0, 0.1) is 5.92 Å². The number of nitrogens with zero attached hydrogens (tertiary/aromatic N) is 4. The molecule has 2 heterocycles. The molecule has 0 radical (unpaired) electrons. The summed E-state index contributed by atoms with van der Waals surface area (Å²) in [6, 6.07) is 7.07. The van der Waals surface area contributed by atoms with Crippen LogP contribution in [-0.2, 0) is 20.4 Å². The molecular formula is C22H27F6N5O6P2S. The number of hydrogen-bond donors (Lipinski definition) is 3. The van der Waals surface area contributed by atoms with Gasteiger partial charge >= 0.3 is 12.4 Å². The number of fused-ring (bicyclic) bond motifs is 1. The molecule has 0 spiro atoms. The predicted molar refractivity (Wildman–Crippen MR) is 142 cm³/mol. The van der Waals surface area contributed by atoms with Crippen molar-refractivity contribution in [2.75, 3.05) is 31.3 Å². The van der Waals surface area contributed by atoms with Gasteiger partial charge in [-0.25, -0.2) is 9.97 Å². The van der Waals surface area contributed by atoms with Crippen LogP contribution in [0.2, 0.25) is 0 Å². The van der Waals surface area contributed by atoms with Gasteiger partial charge in [0.05, 0.1) is 19.5 Å². The summed E-state index contributed by atoms with van der Waals surface area (Å²) < 4.78 is 114. The first-order valence-corrected chi connectivity index (χ1v) is 16.7. The standard InChI is InChI=1S/C22H27F6N5O6P2S/c1-13(2)9-39-14-3-5-15(6-4-14)42-18-16-17(31-19(29)32-18)33(12-30-16)7-8-38-20(40(34,35)10-21(23,24)25)41(36,37)11-22(26,27)28/h3-6,12-13,20H,7-11H2,1-2H3,(H,34,35)(H,36,37)(H2,29,31,32). The Morgan fingerprint density at radius 2 is 1.57 bits per heavy atom. The van der Waals surface area contributed by atoms with E-state index in [9.17, 15) is 45.3 Å². The molecule has 0 fully saturated rings. The van der Waals surface area contributed by atoms with E-state index in [1.54, 1.807) is 24.3 Å². The number of benzene rings is 1. The lowest BCUT2D eigenvalue weighted by atomic mass is 10.2. The third-order valence-corrected chi connectivity index (χ3v) is 11.6. The number of nitrogens with two attached hydrogens (primary N) is 1. The predicted octanol–water partition coefficient (Wildman–Crippen LogP) is 5.56. The highest BCUT2D eigenvalue weighted by atomic mass is 32.2. The second kappa shape index (κ2) is 13.1. The molecule has 1 aromatic carbocycles. The van der Waals surface area contributed by atoms with Crippen LogP contribution in [0.4, 0.5) is 32.3 Å². The number of rotatable bonds is 13. The second-order valence-corrected chi connectivity index (χ2v) is 15.6. The fourth-order valence-corrected chi connectivity index (χ4v) is 9.23. The van der Waals surface area contributed by atoms with Crippen molar-refractivity contribution in [2.24, 2.45) is 5.92 Å². The first-order chi connectivity index (χ1) is 19.3. The van der Waals surface area contributed by atoms with Gasteiger partial charge in [-0.1, -0.05) is 25.6 Å². The molecule has 0 saturated heterocycles. The van der Waals surface area contributed by atoms with Crippen molar-refractivity contribution >= 4 is 43.6 Å². The summed E-state index contributed by atoms with van der Waals surface area (Å²) in [6.45, 7) is 3.32. The van der Waals surface area contributed by atoms with Crippen LogP contribution < -0.4 is 10.5 Å². The SMILES string of the molecule is CC(C)COc1ccc(Sc2nc(N)nc3c2ncn3CCOC(P(=O)(O)CC(F)(F)F)P(=O)(O)CC(F)(F)F)cc1. The molecule has 0 aliphatic rings. The van der Waals surface area contributed by atoms with E-state index in [2.05, 4.69) is 15.0 Å². The average molecular weight is 665 g/mol. The second-order valence-electron chi connectivity index (χ2n) is 9.53. The Hall–Kier alpha value is -2.36. The summed E-state index contributed by atoms with van der Waals surface area (Å²) in [7, 11) is -11.6. The van der Waals surface area contributed by atoms with Gasteiger partial charge in [0, 0.05) is 11.4 Å². The van der Waals surface area contributed by atoms with E-state index in [1.807, 2.05) is 13.8 Å². The summed E-state index contributed by atoms with van der Waals surface area (Å²) in [5, 5.41) is 0.320. The van der Waals surface area contributed by atoms with Crippen molar-refractivity contribution in [3.05, 3.63) is 30.6 Å². The van der Waals surface area contributed by atoms with E-state index in [0.717, 1.165) is 4.90 Å². The van der Waals surface area contributed by atoms with Crippen molar-refractivity contribution in [1.82, 2.24) is 19.5 Å². The van der Waals surface area contributed by atoms with Crippen molar-refractivity contribution in [1.29, 1.82) is 0 Å². The number of ether oxygens (including phenoxy) is 2. The fraction of sp³-hybridized carbons (Fsp3) is 0.500. The number of anilines is 1. The molecule has 3 rings (SSSR count). The average Bonchev–Trinajstić information content (AvgIpc) is 3.20. The molecule has 11 nitrogen and oxygen atoms in total. The smallest absolute Gasteiger partial charge is 0.398 e. The van der Waals surface area contributed by atoms with E-state index >= 15 is 0 Å². The van der Waals surface area contributed by atoms with E-state index < -0.39 is 58.2 Å². The molecule has 234 valence electrons. The van der Waals surface area contributed by atoms with Crippen LogP contribution in [0.5, 0.6) is 5.75 Å². The summed E-state index contributed by atoms with van der Waals surface area (Å²) in [6.07, 6.45) is -14.5. The van der Waals surface area contributed by atoms with E-state index in [0.29, 0.717) is 23.3 Å². The molecule has 20 heteroatoms. The lowest BCUT2D eigenvalue weighted by Crippen LogP contribution is -2.27. The molecule has 0 aliphatic carbocycles. The highest BCUT2D eigenvalue weighted by molar-refractivity contribution is 7.99. The molecule has 42 heavy (non-hydrogen) atoms. The van der Waals surface area contributed by atoms with Crippen LogP contribution in [0.15, 0.2) is 40.5 Å². The molecule has 0 saturated carbocycles. The Morgan fingerprint density at radius 3 is 2.10 bits per heavy atom. The van der Waals surface area contributed by atoms with Crippen LogP contribution in [0.1, 0.15) is 13.8 Å². The molecule has 4 N–H and O–H groups in total. The Morgan fingerprint density at radius 1 is 1.00 bits per heavy atom. The van der Waals surface area contributed by atoms with Crippen molar-refractivity contribution in [2.45, 2.75) is 48.3 Å². The monoisotopic (exact) mass is 665 g/mol. The van der Waals surface area contributed by atoms with Crippen molar-refractivity contribution < 1.29 is 54.7 Å². The van der Waals surface area contributed by atoms with Crippen LogP contribution in [0.3, 0.4) is 0 Å². The third-order valence-electron chi connectivity index (χ3n) is 5.17. The molecule has 3 aromatic rings. The topological polar surface area (TPSA) is 163 Å². The van der Waals surface area contributed by atoms with Gasteiger partial charge in [0.15, 0.2) is 5.65 Å². The number of alkyl halides is 6. The zero-order valence-electron chi connectivity index (χ0n) is 22.0. The zero-order valence-corrected chi connectivity index (χ0v) is 24.6. The van der Waals surface area contributed by atoms with Crippen molar-refractivity contribution in [3.8, 4) is 5.75 Å². The van der Waals surface area contributed by atoms with E-state index in [1.165, 1.54) is 22.7 Å². The summed E-state index contributed by atoms with van der Waals surface area (Å²) in [4.78, 5) is 33.0. The summed E-state index contributed by atoms with van der Waals surface area (Å²) >= 11 is 1.18. The first-order valence-electron chi connectivity index (χ1n) is 12.0. The number of nitrogen functional groups attached to an aromatic ring is 1. The lowest BCUT2D eigenvalue weighted by molar-refractivity contribution is -0.108. The maximum Gasteiger partial charge on any atom is 0.398 e. The molecule has 2 atom stereocenters. The third kappa shape index (κ3) is 9.85. The number of aromatic nitrogens is 4. The zero-order chi connectivity index (χ0) is 31.5. The van der Waals surface area contributed by atoms with Crippen LogP contribution >= 0.6 is 26.5 Å². The molecular weight excluding hydrogens is 638 g/mol. The van der Waals surface area contributed by atoms with Gasteiger partial charge in [-0.15, -0.1) is 0 Å². The maximum absolute atomic E-state index is 12.8. The van der Waals surface area contributed by atoms with E-state index in [4.69, 9.17) is 15.2 Å². The van der Waals surface area contributed by atoms with Crippen molar-refractivity contribution in [3.63, 3.8) is 0 Å². The molecule has 0 amide bonds. The molecule has 0 aliphatic heterocycles. The molecule has 0 bridgehead atoms. The Kier molecular flexibility index (Phi) is 10.6. The molecule has 2 aromatic heterocycles. The Labute approximate surface area is 239 Å². The van der Waals surface area contributed by atoms with Gasteiger partial charge < -0.3 is 29.6 Å². The van der Waals surface area contributed by atoms with Gasteiger partial charge in [0.25, 0.3) is 0 Å². The minimum Gasteiger partial charge on any atom is -0.493 e. The maximum atomic E-state index is 12.8. The number of halogens is 6. The summed E-state index contributed by atoms with van der Waals surface area (Å²) in [5.74, 6) is 0.814. The largest absolute Gasteiger partial charge is 0.493 e. The summed E-state index contributed by atoms with van der Waals surface area (Å²) in [5.41, 5.74) is 3.03. The van der Waals surface area contributed by atoms with Crippen LogP contribution in [-0.4, -0.2) is 72.8 Å². The van der Waals surface area contributed by atoms with Crippen LogP contribution in [0.25, 0.3) is 11.2 Å². The number of hydrogen-bond acceptors (Lipinski definition) is 9. The van der Waals surface area contributed by atoms with Gasteiger partial charge in [-0.3, -0.25) is 9.13 Å². The lowest BCUT2D eigenvalue weighted by Gasteiger charge is -2.28. The van der Waals surface area contributed by atoms with E-state index in [-0.39, 0.29) is 17.1 Å². The fourth-order valence-electron chi connectivity index (χ4n) is 3.59. The highest BCUT2D eigenvalue weighted by Gasteiger charge is 2.54. The first kappa shape index (κ1) is 34.1. The Balaban J connectivity index is 1.80. The minimum absolute atomic E-state index is 0.104. The molecule has 2 unspecified atom stereocenters.